The van der Waals surface area contributed by atoms with E-state index in [1.54, 1.807) is 0 Å². The molecule has 0 N–H and O–H groups in total. The van der Waals surface area contributed by atoms with Gasteiger partial charge in [-0.25, -0.2) is 0 Å². The summed E-state index contributed by atoms with van der Waals surface area (Å²) in [6.45, 7) is 11.1. The zero-order chi connectivity index (χ0) is 11.5. The molecule has 15 heavy (non-hydrogen) atoms. The van der Waals surface area contributed by atoms with Gasteiger partial charge in [-0.3, -0.25) is 0 Å². The highest BCUT2D eigenvalue weighted by Crippen LogP contribution is 2.18. The summed E-state index contributed by atoms with van der Waals surface area (Å²) in [5, 5.41) is 8.52. The van der Waals surface area contributed by atoms with E-state index in [0.29, 0.717) is 5.92 Å². The standard InChI is InChI=1S/C13H22N2/c1-10(2)8-11-6-7-12(15-14-11)9-13(3,4)5/h6-7,10H,8-9H2,1-5H3. The van der Waals surface area contributed by atoms with Crippen molar-refractivity contribution >= 4 is 0 Å². The molecular formula is C13H22N2. The Balaban J connectivity index is 2.64. The molecule has 1 heterocycles. The third-order valence-electron chi connectivity index (χ3n) is 2.10. The van der Waals surface area contributed by atoms with Crippen LogP contribution in [0.3, 0.4) is 0 Å². The van der Waals surface area contributed by atoms with E-state index in [9.17, 15) is 0 Å². The van der Waals surface area contributed by atoms with Gasteiger partial charge in [-0.2, -0.15) is 10.2 Å². The zero-order valence-electron chi connectivity index (χ0n) is 10.5. The smallest absolute Gasteiger partial charge is 0.0636 e. The molecule has 1 aromatic rings. The minimum absolute atomic E-state index is 0.286. The molecular weight excluding hydrogens is 184 g/mol. The van der Waals surface area contributed by atoms with Crippen LogP contribution in [0, 0.1) is 11.3 Å². The fraction of sp³-hybridized carbons (Fsp3) is 0.692. The second-order valence-electron chi connectivity index (χ2n) is 5.85. The van der Waals surface area contributed by atoms with Crippen molar-refractivity contribution in [2.75, 3.05) is 0 Å². The van der Waals surface area contributed by atoms with E-state index in [-0.39, 0.29) is 5.41 Å². The molecule has 0 bridgehead atoms. The largest absolute Gasteiger partial charge is 0.155 e. The van der Waals surface area contributed by atoms with Crippen molar-refractivity contribution in [2.24, 2.45) is 11.3 Å². The minimum atomic E-state index is 0.286. The average molecular weight is 206 g/mol. The maximum atomic E-state index is 4.27. The minimum Gasteiger partial charge on any atom is -0.155 e. The van der Waals surface area contributed by atoms with Crippen LogP contribution in [0.25, 0.3) is 0 Å². The first-order valence-electron chi connectivity index (χ1n) is 5.68. The molecule has 1 rings (SSSR count). The van der Waals surface area contributed by atoms with Crippen molar-refractivity contribution in [3.63, 3.8) is 0 Å². The molecule has 1 aromatic heterocycles. The van der Waals surface area contributed by atoms with Gasteiger partial charge in [0.25, 0.3) is 0 Å². The number of rotatable bonds is 3. The fourth-order valence-corrected chi connectivity index (χ4v) is 1.55. The van der Waals surface area contributed by atoms with Gasteiger partial charge in [0.05, 0.1) is 11.4 Å². The Labute approximate surface area is 93.1 Å². The van der Waals surface area contributed by atoms with Gasteiger partial charge in [-0.05, 0) is 36.3 Å². The van der Waals surface area contributed by atoms with E-state index < -0.39 is 0 Å². The summed E-state index contributed by atoms with van der Waals surface area (Å²) in [7, 11) is 0. The normalized spacial score (nSPS) is 12.1. The Morgan fingerprint density at radius 1 is 1.07 bits per heavy atom. The van der Waals surface area contributed by atoms with Gasteiger partial charge in [0.2, 0.25) is 0 Å². The highest BCUT2D eigenvalue weighted by atomic mass is 15.1. The van der Waals surface area contributed by atoms with Crippen LogP contribution in [-0.4, -0.2) is 10.2 Å². The highest BCUT2D eigenvalue weighted by Gasteiger charge is 2.12. The first-order chi connectivity index (χ1) is 6.87. The molecule has 0 saturated heterocycles. The number of aromatic nitrogens is 2. The van der Waals surface area contributed by atoms with Gasteiger partial charge in [0.15, 0.2) is 0 Å². The van der Waals surface area contributed by atoms with Gasteiger partial charge in [0.1, 0.15) is 0 Å². The lowest BCUT2D eigenvalue weighted by atomic mass is 9.90. The summed E-state index contributed by atoms with van der Waals surface area (Å²) < 4.78 is 0. The van der Waals surface area contributed by atoms with E-state index in [1.165, 1.54) is 0 Å². The quantitative estimate of drug-likeness (QED) is 0.758. The Kier molecular flexibility index (Phi) is 3.83. The Morgan fingerprint density at radius 3 is 2.00 bits per heavy atom. The topological polar surface area (TPSA) is 25.8 Å². The van der Waals surface area contributed by atoms with Crippen molar-refractivity contribution in [3.05, 3.63) is 23.5 Å². The molecule has 0 spiro atoms. The van der Waals surface area contributed by atoms with Crippen molar-refractivity contribution < 1.29 is 0 Å². The Bertz CT molecular complexity index is 293. The summed E-state index contributed by atoms with van der Waals surface area (Å²) in [4.78, 5) is 0. The number of hydrogen-bond donors (Lipinski definition) is 0. The van der Waals surface area contributed by atoms with Crippen LogP contribution < -0.4 is 0 Å². The fourth-order valence-electron chi connectivity index (χ4n) is 1.55. The molecule has 0 aromatic carbocycles. The number of hydrogen-bond acceptors (Lipinski definition) is 2. The zero-order valence-corrected chi connectivity index (χ0v) is 10.5. The second kappa shape index (κ2) is 4.73. The molecule has 0 aliphatic rings. The second-order valence-corrected chi connectivity index (χ2v) is 5.85. The molecule has 0 radical (unpaired) electrons. The molecule has 84 valence electrons. The summed E-state index contributed by atoms with van der Waals surface area (Å²) in [6.07, 6.45) is 2.00. The Hall–Kier alpha value is -0.920. The molecule has 2 heteroatoms. The van der Waals surface area contributed by atoms with Crippen molar-refractivity contribution in [1.29, 1.82) is 0 Å². The van der Waals surface area contributed by atoms with Gasteiger partial charge < -0.3 is 0 Å². The maximum Gasteiger partial charge on any atom is 0.0636 e. The predicted octanol–water partition coefficient (Wildman–Crippen LogP) is 3.26. The first kappa shape index (κ1) is 12.2. The SMILES string of the molecule is CC(C)Cc1ccc(CC(C)(C)C)nn1. The lowest BCUT2D eigenvalue weighted by Crippen LogP contribution is -2.11. The average Bonchev–Trinajstić information content (AvgIpc) is 2.05. The van der Waals surface area contributed by atoms with Crippen LogP contribution in [0.4, 0.5) is 0 Å². The third-order valence-corrected chi connectivity index (χ3v) is 2.10. The molecule has 0 saturated carbocycles. The molecule has 0 amide bonds. The first-order valence-corrected chi connectivity index (χ1v) is 5.68. The monoisotopic (exact) mass is 206 g/mol. The van der Waals surface area contributed by atoms with Crippen molar-refractivity contribution in [3.8, 4) is 0 Å². The van der Waals surface area contributed by atoms with E-state index in [0.717, 1.165) is 24.2 Å². The van der Waals surface area contributed by atoms with E-state index in [2.05, 4.69) is 56.9 Å². The predicted molar refractivity (Wildman–Crippen MR) is 63.7 cm³/mol. The van der Waals surface area contributed by atoms with Gasteiger partial charge in [-0.1, -0.05) is 34.6 Å². The molecule has 0 unspecified atom stereocenters. The van der Waals surface area contributed by atoms with Gasteiger partial charge >= 0.3 is 0 Å². The van der Waals surface area contributed by atoms with Gasteiger partial charge in [-0.15, -0.1) is 0 Å². The van der Waals surface area contributed by atoms with Gasteiger partial charge in [0, 0.05) is 0 Å². The molecule has 0 aliphatic carbocycles. The maximum absolute atomic E-state index is 4.27. The third kappa shape index (κ3) is 4.91. The van der Waals surface area contributed by atoms with E-state index in [4.69, 9.17) is 0 Å². The van der Waals surface area contributed by atoms with Crippen molar-refractivity contribution in [1.82, 2.24) is 10.2 Å². The van der Waals surface area contributed by atoms with Crippen LogP contribution >= 0.6 is 0 Å². The highest BCUT2D eigenvalue weighted by molar-refractivity contribution is 5.08. The van der Waals surface area contributed by atoms with Crippen molar-refractivity contribution in [2.45, 2.75) is 47.5 Å². The Morgan fingerprint density at radius 2 is 1.60 bits per heavy atom. The summed E-state index contributed by atoms with van der Waals surface area (Å²) >= 11 is 0. The summed E-state index contributed by atoms with van der Waals surface area (Å²) in [6, 6.07) is 4.21. The van der Waals surface area contributed by atoms with Crippen LogP contribution in [0.5, 0.6) is 0 Å². The van der Waals surface area contributed by atoms with Crippen LogP contribution in [-0.2, 0) is 12.8 Å². The lowest BCUT2D eigenvalue weighted by Gasteiger charge is -2.16. The van der Waals surface area contributed by atoms with E-state index in [1.807, 2.05) is 0 Å². The van der Waals surface area contributed by atoms with E-state index >= 15 is 0 Å². The summed E-state index contributed by atoms with van der Waals surface area (Å²) in [5.41, 5.74) is 2.48. The lowest BCUT2D eigenvalue weighted by molar-refractivity contribution is 0.404. The molecule has 0 aliphatic heterocycles. The molecule has 0 atom stereocenters. The molecule has 0 fully saturated rings. The van der Waals surface area contributed by atoms with Crippen LogP contribution in [0.15, 0.2) is 12.1 Å². The molecule has 2 nitrogen and oxygen atoms in total. The van der Waals surface area contributed by atoms with Crippen LogP contribution in [0.1, 0.15) is 46.0 Å². The van der Waals surface area contributed by atoms with Crippen LogP contribution in [0.2, 0.25) is 0 Å². The summed E-state index contributed by atoms with van der Waals surface area (Å²) in [5.74, 6) is 0.646. The number of nitrogens with zero attached hydrogens (tertiary/aromatic N) is 2.